The van der Waals surface area contributed by atoms with Crippen molar-refractivity contribution >= 4 is 60.3 Å². The van der Waals surface area contributed by atoms with Crippen molar-refractivity contribution in [1.29, 1.82) is 0 Å². The molecule has 184 valence electrons. The molecule has 0 saturated heterocycles. The summed E-state index contributed by atoms with van der Waals surface area (Å²) in [7, 11) is -8.65. The Bertz CT molecular complexity index is 1490. The molecule has 12 nitrogen and oxygen atoms in total. The van der Waals surface area contributed by atoms with Gasteiger partial charge in [-0.2, -0.15) is 0 Å². The first-order valence-corrected chi connectivity index (χ1v) is 12.9. The maximum atomic E-state index is 13.0. The van der Waals surface area contributed by atoms with E-state index in [0.29, 0.717) is 5.69 Å². The largest absolute Gasteiger partial charge is 0.326 e. The first-order valence-electron chi connectivity index (χ1n) is 9.60. The number of nitrogens with zero attached hydrogens (tertiary/aromatic N) is 1. The monoisotopic (exact) mass is 539 g/mol. The molecular formula is C20H18ClN5O7S2. The Hall–Kier alpha value is -3.72. The number of anilines is 3. The summed E-state index contributed by atoms with van der Waals surface area (Å²) in [5.74, 6) is -0.335. The van der Waals surface area contributed by atoms with Crippen LogP contribution in [0.25, 0.3) is 0 Å². The lowest BCUT2D eigenvalue weighted by Gasteiger charge is -2.15. The van der Waals surface area contributed by atoms with Gasteiger partial charge in [-0.15, -0.1) is 4.83 Å². The number of nitrogens with one attached hydrogen (secondary N) is 4. The minimum Gasteiger partial charge on any atom is -0.326 e. The van der Waals surface area contributed by atoms with Crippen LogP contribution in [-0.2, 0) is 24.8 Å². The number of rotatable bonds is 9. The Kier molecular flexibility index (Phi) is 7.60. The Balaban J connectivity index is 1.91. The molecule has 4 N–H and O–H groups in total. The van der Waals surface area contributed by atoms with E-state index in [1.807, 2.05) is 4.83 Å². The van der Waals surface area contributed by atoms with Crippen molar-refractivity contribution in [2.24, 2.45) is 0 Å². The van der Waals surface area contributed by atoms with Crippen LogP contribution in [0.4, 0.5) is 22.7 Å². The second kappa shape index (κ2) is 10.3. The van der Waals surface area contributed by atoms with Gasteiger partial charge in [0.25, 0.3) is 25.7 Å². The van der Waals surface area contributed by atoms with Crippen molar-refractivity contribution in [3.8, 4) is 0 Å². The quantitative estimate of drug-likeness (QED) is 0.236. The van der Waals surface area contributed by atoms with Crippen molar-refractivity contribution in [2.45, 2.75) is 16.7 Å². The fourth-order valence-corrected chi connectivity index (χ4v) is 5.15. The molecule has 3 aromatic carbocycles. The number of hydrogen-bond acceptors (Lipinski definition) is 8. The van der Waals surface area contributed by atoms with Crippen LogP contribution in [0.1, 0.15) is 6.92 Å². The first-order chi connectivity index (χ1) is 16.4. The molecule has 0 aliphatic carbocycles. The SMILES string of the molecule is CC(=O)Nc1ccc(S(=O)(=O)NNc2ccc([N+](=O)[O-])cc2S(=O)(=O)Nc2ccccc2Cl)cc1. The van der Waals surface area contributed by atoms with E-state index in [1.165, 1.54) is 49.4 Å². The second-order valence-corrected chi connectivity index (χ2v) is 10.7. The summed E-state index contributed by atoms with van der Waals surface area (Å²) in [6.45, 7) is 1.30. The molecule has 0 aromatic heterocycles. The van der Waals surface area contributed by atoms with E-state index < -0.39 is 35.6 Å². The number of hydrazine groups is 1. The number of benzene rings is 3. The molecule has 1 amide bonds. The molecule has 0 saturated carbocycles. The zero-order valence-corrected chi connectivity index (χ0v) is 20.2. The standard InChI is InChI=1S/C20H18ClN5O7S2/c1-13(27)22-14-6-9-16(10-7-14)34(30,31)25-23-19-11-8-15(26(28)29)12-20(19)35(32,33)24-18-5-3-2-4-17(18)21/h2-12,23-25H,1H3,(H,22,27). The van der Waals surface area contributed by atoms with Crippen molar-refractivity contribution in [1.82, 2.24) is 4.83 Å². The number of hydrogen-bond donors (Lipinski definition) is 4. The second-order valence-electron chi connectivity index (χ2n) is 6.96. The first kappa shape index (κ1) is 25.9. The predicted octanol–water partition coefficient (Wildman–Crippen LogP) is 3.31. The van der Waals surface area contributed by atoms with Crippen LogP contribution >= 0.6 is 11.6 Å². The number of para-hydroxylation sites is 1. The third-order valence-electron chi connectivity index (χ3n) is 4.39. The van der Waals surface area contributed by atoms with Crippen LogP contribution in [0.2, 0.25) is 5.02 Å². The number of nitro benzene ring substituents is 1. The topological polar surface area (TPSA) is 177 Å². The average Bonchev–Trinajstić information content (AvgIpc) is 2.79. The minimum atomic E-state index is -4.45. The predicted molar refractivity (Wildman–Crippen MR) is 130 cm³/mol. The van der Waals surface area contributed by atoms with Gasteiger partial charge in [-0.05, 0) is 42.5 Å². The highest BCUT2D eigenvalue weighted by Gasteiger charge is 2.24. The highest BCUT2D eigenvalue weighted by Crippen LogP contribution is 2.30. The fraction of sp³-hybridized carbons (Fsp3) is 0.0500. The van der Waals surface area contributed by atoms with Crippen LogP contribution in [0.15, 0.2) is 76.5 Å². The Morgan fingerprint density at radius 3 is 2.17 bits per heavy atom. The van der Waals surface area contributed by atoms with Crippen LogP contribution in [0.3, 0.4) is 0 Å². The van der Waals surface area contributed by atoms with E-state index >= 15 is 0 Å². The summed E-state index contributed by atoms with van der Waals surface area (Å²) in [5, 5.41) is 13.8. The molecule has 0 aliphatic rings. The molecule has 0 aliphatic heterocycles. The molecule has 0 unspecified atom stereocenters. The zero-order chi connectivity index (χ0) is 25.8. The smallest absolute Gasteiger partial charge is 0.270 e. The number of halogens is 1. The third kappa shape index (κ3) is 6.45. The highest BCUT2D eigenvalue weighted by molar-refractivity contribution is 7.93. The minimum absolute atomic E-state index is 0.0199. The Labute approximate surface area is 205 Å². The van der Waals surface area contributed by atoms with Gasteiger partial charge in [0.2, 0.25) is 5.91 Å². The van der Waals surface area contributed by atoms with Gasteiger partial charge in [0.1, 0.15) is 4.90 Å². The van der Waals surface area contributed by atoms with Gasteiger partial charge in [0.05, 0.1) is 26.2 Å². The number of carbonyl (C=O) groups excluding carboxylic acids is 1. The summed E-state index contributed by atoms with van der Waals surface area (Å²) < 4.78 is 53.6. The van der Waals surface area contributed by atoms with E-state index in [2.05, 4.69) is 15.5 Å². The van der Waals surface area contributed by atoms with Crippen molar-refractivity contribution in [3.05, 3.63) is 81.9 Å². The number of amides is 1. The molecule has 15 heteroatoms. The lowest BCUT2D eigenvalue weighted by molar-refractivity contribution is -0.385. The average molecular weight is 540 g/mol. The normalized spacial score (nSPS) is 11.5. The van der Waals surface area contributed by atoms with E-state index in [-0.39, 0.29) is 27.2 Å². The molecule has 3 aromatic rings. The van der Waals surface area contributed by atoms with Gasteiger partial charge in [0, 0.05) is 24.7 Å². The zero-order valence-electron chi connectivity index (χ0n) is 17.9. The number of sulfonamides is 2. The molecular weight excluding hydrogens is 522 g/mol. The molecule has 0 radical (unpaired) electrons. The fourth-order valence-electron chi connectivity index (χ4n) is 2.80. The van der Waals surface area contributed by atoms with Crippen LogP contribution in [0, 0.1) is 10.1 Å². The van der Waals surface area contributed by atoms with E-state index in [9.17, 15) is 31.7 Å². The Morgan fingerprint density at radius 1 is 0.914 bits per heavy atom. The molecule has 0 heterocycles. The summed E-state index contributed by atoms with van der Waals surface area (Å²) in [5.41, 5.74) is 1.86. The van der Waals surface area contributed by atoms with Crippen LogP contribution < -0.4 is 20.3 Å². The van der Waals surface area contributed by atoms with E-state index in [1.54, 1.807) is 6.07 Å². The Morgan fingerprint density at radius 2 is 1.57 bits per heavy atom. The number of non-ortho nitro benzene ring substituents is 1. The number of carbonyl (C=O) groups is 1. The van der Waals surface area contributed by atoms with Gasteiger partial charge in [-0.1, -0.05) is 23.7 Å². The summed E-state index contributed by atoms with van der Waals surface area (Å²) >= 11 is 6.00. The maximum absolute atomic E-state index is 13.0. The molecule has 0 spiro atoms. The molecule has 0 atom stereocenters. The van der Waals surface area contributed by atoms with E-state index in [4.69, 9.17) is 11.6 Å². The van der Waals surface area contributed by atoms with Gasteiger partial charge in [0.15, 0.2) is 0 Å². The van der Waals surface area contributed by atoms with Crippen molar-refractivity contribution < 1.29 is 26.6 Å². The van der Waals surface area contributed by atoms with Gasteiger partial charge in [-0.25, -0.2) is 16.8 Å². The third-order valence-corrected chi connectivity index (χ3v) is 7.39. The molecule has 3 rings (SSSR count). The van der Waals surface area contributed by atoms with Crippen LogP contribution in [-0.4, -0.2) is 27.7 Å². The lowest BCUT2D eigenvalue weighted by atomic mass is 10.3. The van der Waals surface area contributed by atoms with E-state index in [0.717, 1.165) is 18.2 Å². The maximum Gasteiger partial charge on any atom is 0.270 e. The highest BCUT2D eigenvalue weighted by atomic mass is 35.5. The number of nitro groups is 1. The summed E-state index contributed by atoms with van der Waals surface area (Å²) in [6, 6.07) is 13.9. The summed E-state index contributed by atoms with van der Waals surface area (Å²) in [6.07, 6.45) is 0. The van der Waals surface area contributed by atoms with Crippen LogP contribution in [0.5, 0.6) is 0 Å². The molecule has 35 heavy (non-hydrogen) atoms. The molecule has 0 fully saturated rings. The van der Waals surface area contributed by atoms with Crippen molar-refractivity contribution in [3.63, 3.8) is 0 Å². The van der Waals surface area contributed by atoms with Gasteiger partial charge < -0.3 is 10.7 Å². The lowest BCUT2D eigenvalue weighted by Crippen LogP contribution is -2.30. The molecule has 0 bridgehead atoms. The van der Waals surface area contributed by atoms with Gasteiger partial charge in [-0.3, -0.25) is 19.6 Å². The van der Waals surface area contributed by atoms with Crippen molar-refractivity contribution in [2.75, 3.05) is 15.5 Å². The van der Waals surface area contributed by atoms with Gasteiger partial charge >= 0.3 is 0 Å². The summed E-state index contributed by atoms with van der Waals surface area (Å²) in [4.78, 5) is 22.8.